The summed E-state index contributed by atoms with van der Waals surface area (Å²) in [5.41, 5.74) is 0.762. The fraction of sp³-hybridized carbons (Fsp3) is 0.500. The van der Waals surface area contributed by atoms with Crippen molar-refractivity contribution in [3.8, 4) is 0 Å². The van der Waals surface area contributed by atoms with Gasteiger partial charge >= 0.3 is 6.09 Å². The Morgan fingerprint density at radius 2 is 1.88 bits per heavy atom. The highest BCUT2D eigenvalue weighted by molar-refractivity contribution is 7.89. The normalized spacial score (nSPS) is 23.0. The lowest BCUT2D eigenvalue weighted by Gasteiger charge is -2.29. The predicted octanol–water partition coefficient (Wildman–Crippen LogP) is 2.33. The number of amides is 1. The minimum atomic E-state index is -3.58. The molecule has 1 atom stereocenters. The number of nitrogens with one attached hydrogen (secondary N) is 3. The van der Waals surface area contributed by atoms with Crippen LogP contribution in [0.2, 0.25) is 5.02 Å². The van der Waals surface area contributed by atoms with Crippen LogP contribution >= 0.6 is 11.6 Å². The molecule has 1 aliphatic carbocycles. The molecular weight excluding hydrogens is 482 g/mol. The molecular formula is C22H28ClN5O5S. The van der Waals surface area contributed by atoms with E-state index in [1.165, 1.54) is 6.20 Å². The molecule has 1 saturated heterocycles. The summed E-state index contributed by atoms with van der Waals surface area (Å²) in [6, 6.07) is 6.65. The van der Waals surface area contributed by atoms with E-state index in [2.05, 4.69) is 20.2 Å². The molecule has 0 spiro atoms. The number of sulfonamides is 1. The fourth-order valence-corrected chi connectivity index (χ4v) is 6.25. The number of aromatic amines is 1. The van der Waals surface area contributed by atoms with Gasteiger partial charge < -0.3 is 15.0 Å². The predicted molar refractivity (Wildman–Crippen MR) is 128 cm³/mol. The van der Waals surface area contributed by atoms with Crippen molar-refractivity contribution in [3.63, 3.8) is 0 Å². The van der Waals surface area contributed by atoms with Crippen molar-refractivity contribution < 1.29 is 17.9 Å². The lowest BCUT2D eigenvalue weighted by Crippen LogP contribution is -2.44. The van der Waals surface area contributed by atoms with E-state index in [0.717, 1.165) is 0 Å². The van der Waals surface area contributed by atoms with Crippen molar-refractivity contribution in [1.82, 2.24) is 20.2 Å². The Balaban J connectivity index is 1.22. The molecule has 12 heteroatoms. The van der Waals surface area contributed by atoms with Gasteiger partial charge in [0.1, 0.15) is 11.1 Å². The molecule has 1 aromatic heterocycles. The average Bonchev–Trinajstić information content (AvgIpc) is 3.25. The SMILES string of the molecule is Cc1ccccc1S(=O)(=O)NC1CCC(NC(=O)O[C@@H]2CCN(c3cn[nH]c(=O)c3Cl)C2)CC1. The molecule has 0 unspecified atom stereocenters. The second kappa shape index (κ2) is 10.3. The third-order valence-electron chi connectivity index (χ3n) is 6.29. The second-order valence-electron chi connectivity index (χ2n) is 8.74. The molecule has 3 N–H and O–H groups in total. The summed E-state index contributed by atoms with van der Waals surface area (Å²) in [6.07, 6.45) is 3.84. The number of carbonyl (C=O) groups is 1. The molecule has 184 valence electrons. The first-order valence-corrected chi connectivity index (χ1v) is 13.1. The maximum Gasteiger partial charge on any atom is 0.407 e. The summed E-state index contributed by atoms with van der Waals surface area (Å²) >= 11 is 6.06. The quantitative estimate of drug-likeness (QED) is 0.544. The molecule has 2 fully saturated rings. The average molecular weight is 510 g/mol. The Morgan fingerprint density at radius 1 is 1.18 bits per heavy atom. The molecule has 1 amide bonds. The number of benzene rings is 1. The Labute approximate surface area is 203 Å². The van der Waals surface area contributed by atoms with E-state index in [9.17, 15) is 18.0 Å². The van der Waals surface area contributed by atoms with Crippen LogP contribution in [-0.4, -0.2) is 56.0 Å². The number of aryl methyl sites for hydroxylation is 1. The monoisotopic (exact) mass is 509 g/mol. The maximum absolute atomic E-state index is 12.7. The highest BCUT2D eigenvalue weighted by Gasteiger charge is 2.30. The molecule has 2 aromatic rings. The first-order valence-electron chi connectivity index (χ1n) is 11.3. The van der Waals surface area contributed by atoms with Crippen LogP contribution < -0.4 is 20.5 Å². The molecule has 2 heterocycles. The highest BCUT2D eigenvalue weighted by Crippen LogP contribution is 2.26. The minimum Gasteiger partial charge on any atom is -0.444 e. The zero-order chi connectivity index (χ0) is 24.3. The number of nitrogens with zero attached hydrogens (tertiary/aromatic N) is 2. The van der Waals surface area contributed by atoms with Crippen LogP contribution in [-0.2, 0) is 14.8 Å². The molecule has 0 radical (unpaired) electrons. The van der Waals surface area contributed by atoms with Gasteiger partial charge in [0.25, 0.3) is 5.56 Å². The van der Waals surface area contributed by atoms with E-state index in [4.69, 9.17) is 16.3 Å². The van der Waals surface area contributed by atoms with Crippen molar-refractivity contribution in [2.45, 2.75) is 62.1 Å². The first kappa shape index (κ1) is 24.5. The van der Waals surface area contributed by atoms with Gasteiger partial charge in [-0.15, -0.1) is 0 Å². The smallest absolute Gasteiger partial charge is 0.407 e. The van der Waals surface area contributed by atoms with Gasteiger partial charge in [0, 0.05) is 25.0 Å². The number of H-pyrrole nitrogens is 1. The van der Waals surface area contributed by atoms with Gasteiger partial charge in [-0.2, -0.15) is 5.10 Å². The fourth-order valence-electron chi connectivity index (χ4n) is 4.49. The highest BCUT2D eigenvalue weighted by atomic mass is 35.5. The summed E-state index contributed by atoms with van der Waals surface area (Å²) in [5.74, 6) is 0. The van der Waals surface area contributed by atoms with Gasteiger partial charge in [-0.3, -0.25) is 4.79 Å². The molecule has 1 saturated carbocycles. The number of hydrogen-bond acceptors (Lipinski definition) is 7. The third kappa shape index (κ3) is 5.70. The molecule has 0 bridgehead atoms. The van der Waals surface area contributed by atoms with E-state index in [-0.39, 0.29) is 23.2 Å². The topological polar surface area (TPSA) is 133 Å². The lowest BCUT2D eigenvalue weighted by molar-refractivity contribution is 0.102. The molecule has 1 aliphatic heterocycles. The van der Waals surface area contributed by atoms with Gasteiger partial charge in [-0.25, -0.2) is 23.0 Å². The molecule has 34 heavy (non-hydrogen) atoms. The van der Waals surface area contributed by atoms with E-state index in [0.29, 0.717) is 61.3 Å². The van der Waals surface area contributed by atoms with Crippen LogP contribution in [0, 0.1) is 6.92 Å². The Kier molecular flexibility index (Phi) is 7.44. The summed E-state index contributed by atoms with van der Waals surface area (Å²) in [6.45, 7) is 2.79. The van der Waals surface area contributed by atoms with Crippen molar-refractivity contribution in [3.05, 3.63) is 51.4 Å². The standard InChI is InChI=1S/C22H28ClN5O5S/c1-14-4-2-3-5-19(14)34(31,32)27-16-8-6-15(7-9-16)25-22(30)33-17-10-11-28(13-17)18-12-24-26-21(29)20(18)23/h2-5,12,15-17,27H,6-11,13H2,1H3,(H,25,30)(H,26,29)/t15?,16?,17-/m1/s1. The van der Waals surface area contributed by atoms with Gasteiger partial charge in [0.05, 0.1) is 23.3 Å². The number of hydrogen-bond donors (Lipinski definition) is 3. The van der Waals surface area contributed by atoms with Crippen LogP contribution in [0.3, 0.4) is 0 Å². The zero-order valence-corrected chi connectivity index (χ0v) is 20.4. The van der Waals surface area contributed by atoms with Crippen molar-refractivity contribution in [2.75, 3.05) is 18.0 Å². The number of alkyl carbamates (subject to hydrolysis) is 1. The van der Waals surface area contributed by atoms with Gasteiger partial charge in [-0.1, -0.05) is 29.8 Å². The molecule has 10 nitrogen and oxygen atoms in total. The summed E-state index contributed by atoms with van der Waals surface area (Å²) in [7, 11) is -3.58. The van der Waals surface area contributed by atoms with Crippen LogP contribution in [0.5, 0.6) is 0 Å². The van der Waals surface area contributed by atoms with E-state index >= 15 is 0 Å². The van der Waals surface area contributed by atoms with Crippen LogP contribution in [0.25, 0.3) is 0 Å². The van der Waals surface area contributed by atoms with Crippen LogP contribution in [0.1, 0.15) is 37.7 Å². The maximum atomic E-state index is 12.7. The van der Waals surface area contributed by atoms with Crippen LogP contribution in [0.4, 0.5) is 10.5 Å². The number of rotatable bonds is 6. The molecule has 2 aliphatic rings. The Morgan fingerprint density at radius 3 is 2.62 bits per heavy atom. The molecule has 1 aromatic carbocycles. The number of ether oxygens (including phenoxy) is 1. The van der Waals surface area contributed by atoms with E-state index in [1.54, 1.807) is 25.1 Å². The lowest BCUT2D eigenvalue weighted by atomic mass is 9.92. The Hall–Kier alpha value is -2.63. The summed E-state index contributed by atoms with van der Waals surface area (Å²) < 4.78 is 33.8. The zero-order valence-electron chi connectivity index (χ0n) is 18.8. The summed E-state index contributed by atoms with van der Waals surface area (Å²) in [4.78, 5) is 26.2. The van der Waals surface area contributed by atoms with Crippen LogP contribution in [0.15, 0.2) is 40.2 Å². The van der Waals surface area contributed by atoms with Gasteiger partial charge in [0.15, 0.2) is 0 Å². The van der Waals surface area contributed by atoms with E-state index < -0.39 is 21.7 Å². The van der Waals surface area contributed by atoms with Crippen molar-refractivity contribution >= 4 is 33.4 Å². The Bertz CT molecular complexity index is 1200. The second-order valence-corrected chi connectivity index (χ2v) is 10.8. The molecule has 4 rings (SSSR count). The van der Waals surface area contributed by atoms with Crippen molar-refractivity contribution in [1.29, 1.82) is 0 Å². The van der Waals surface area contributed by atoms with Gasteiger partial charge in [0.2, 0.25) is 10.0 Å². The first-order chi connectivity index (χ1) is 16.2. The summed E-state index contributed by atoms with van der Waals surface area (Å²) in [5, 5.41) is 9.02. The number of anilines is 1. The van der Waals surface area contributed by atoms with E-state index in [1.807, 2.05) is 11.0 Å². The third-order valence-corrected chi connectivity index (χ3v) is 8.34. The number of carbonyl (C=O) groups excluding carboxylic acids is 1. The number of halogens is 1. The number of aromatic nitrogens is 2. The minimum absolute atomic E-state index is 0.0647. The van der Waals surface area contributed by atoms with Crippen molar-refractivity contribution in [2.24, 2.45) is 0 Å². The van der Waals surface area contributed by atoms with Gasteiger partial charge in [-0.05, 0) is 44.2 Å². The largest absolute Gasteiger partial charge is 0.444 e.